The lowest BCUT2D eigenvalue weighted by Gasteiger charge is -2.24. The van der Waals surface area contributed by atoms with Crippen molar-refractivity contribution in [1.82, 2.24) is 4.98 Å². The van der Waals surface area contributed by atoms with Gasteiger partial charge in [-0.1, -0.05) is 6.07 Å². The number of carbonyl (C=O) groups is 1. The van der Waals surface area contributed by atoms with Crippen molar-refractivity contribution in [2.45, 2.75) is 32.3 Å². The molecule has 1 aromatic carbocycles. The smallest absolute Gasteiger partial charge is 0.229 e. The number of aliphatic hydroxyl groups is 1. The fourth-order valence-corrected chi connectivity index (χ4v) is 3.60. The van der Waals surface area contributed by atoms with Crippen molar-refractivity contribution in [3.05, 3.63) is 42.1 Å². The van der Waals surface area contributed by atoms with Crippen LogP contribution in [0.3, 0.4) is 0 Å². The molecule has 2 atom stereocenters. The highest BCUT2D eigenvalue weighted by molar-refractivity contribution is 5.94. The summed E-state index contributed by atoms with van der Waals surface area (Å²) in [6, 6.07) is 9.94. The Balaban J connectivity index is 1.45. The average Bonchev–Trinajstić information content (AvgIpc) is 3.51. The number of nitrogens with zero attached hydrogens (tertiary/aromatic N) is 1. The molecule has 148 valence electrons. The van der Waals surface area contributed by atoms with Gasteiger partial charge in [-0.15, -0.1) is 0 Å². The van der Waals surface area contributed by atoms with Crippen molar-refractivity contribution in [2.24, 2.45) is 11.8 Å². The van der Waals surface area contributed by atoms with E-state index in [0.717, 1.165) is 54.9 Å². The first-order valence-corrected chi connectivity index (χ1v) is 9.87. The summed E-state index contributed by atoms with van der Waals surface area (Å²) in [5.41, 5.74) is 3.12. The van der Waals surface area contributed by atoms with Gasteiger partial charge in [0.1, 0.15) is 17.7 Å². The van der Waals surface area contributed by atoms with Crippen LogP contribution in [0.25, 0.3) is 11.1 Å². The maximum Gasteiger partial charge on any atom is 0.229 e. The number of benzene rings is 1. The highest BCUT2D eigenvalue weighted by Crippen LogP contribution is 2.38. The fourth-order valence-electron chi connectivity index (χ4n) is 3.60. The molecule has 2 aromatic rings. The van der Waals surface area contributed by atoms with Gasteiger partial charge in [0, 0.05) is 31.6 Å². The van der Waals surface area contributed by atoms with Crippen molar-refractivity contribution < 1.29 is 19.4 Å². The molecule has 2 fully saturated rings. The topological polar surface area (TPSA) is 80.7 Å². The molecule has 2 aliphatic rings. The lowest BCUT2D eigenvalue weighted by molar-refractivity contribution is -0.117. The number of amides is 1. The van der Waals surface area contributed by atoms with Crippen LogP contribution in [-0.2, 0) is 9.53 Å². The molecule has 0 spiro atoms. The summed E-state index contributed by atoms with van der Waals surface area (Å²) >= 11 is 0. The van der Waals surface area contributed by atoms with Gasteiger partial charge in [0.15, 0.2) is 0 Å². The number of rotatable bonds is 6. The highest BCUT2D eigenvalue weighted by atomic mass is 16.5. The first kappa shape index (κ1) is 18.9. The average molecular weight is 382 g/mol. The Labute approximate surface area is 164 Å². The van der Waals surface area contributed by atoms with Crippen LogP contribution >= 0.6 is 0 Å². The van der Waals surface area contributed by atoms with Crippen molar-refractivity contribution >= 4 is 11.7 Å². The summed E-state index contributed by atoms with van der Waals surface area (Å²) < 4.78 is 11.5. The SMILES string of the molecule is Cc1cc(-c2ccnc(NC(=O)[C@@H]3C[C@H]3CO)c2)ccc1OC1CCOCC1. The van der Waals surface area contributed by atoms with Gasteiger partial charge in [-0.25, -0.2) is 4.98 Å². The van der Waals surface area contributed by atoms with Crippen LogP contribution in [-0.4, -0.2) is 41.9 Å². The van der Waals surface area contributed by atoms with Gasteiger partial charge < -0.3 is 19.9 Å². The molecule has 2 heterocycles. The van der Waals surface area contributed by atoms with E-state index < -0.39 is 0 Å². The fraction of sp³-hybridized carbons (Fsp3) is 0.455. The number of anilines is 1. The number of aryl methyl sites for hydroxylation is 1. The zero-order valence-corrected chi connectivity index (χ0v) is 16.1. The van der Waals surface area contributed by atoms with E-state index in [0.29, 0.717) is 5.82 Å². The molecule has 0 unspecified atom stereocenters. The predicted octanol–water partition coefficient (Wildman–Crippen LogP) is 3.18. The number of nitrogens with one attached hydrogen (secondary N) is 1. The summed E-state index contributed by atoms with van der Waals surface area (Å²) in [6.07, 6.45) is 4.50. The van der Waals surface area contributed by atoms with Gasteiger partial charge in [0.25, 0.3) is 0 Å². The van der Waals surface area contributed by atoms with Gasteiger partial charge in [-0.3, -0.25) is 4.79 Å². The van der Waals surface area contributed by atoms with E-state index in [4.69, 9.17) is 14.6 Å². The minimum atomic E-state index is -0.0979. The van der Waals surface area contributed by atoms with E-state index in [-0.39, 0.29) is 30.5 Å². The van der Waals surface area contributed by atoms with Gasteiger partial charge >= 0.3 is 0 Å². The Bertz CT molecular complexity index is 848. The third-order valence-corrected chi connectivity index (χ3v) is 5.48. The van der Waals surface area contributed by atoms with Crippen LogP contribution in [0.4, 0.5) is 5.82 Å². The Morgan fingerprint density at radius 3 is 2.75 bits per heavy atom. The quantitative estimate of drug-likeness (QED) is 0.802. The molecule has 4 rings (SSSR count). The molecule has 28 heavy (non-hydrogen) atoms. The minimum absolute atomic E-state index is 0.0626. The molecule has 1 aliphatic carbocycles. The zero-order valence-electron chi connectivity index (χ0n) is 16.1. The molecular weight excluding hydrogens is 356 g/mol. The van der Waals surface area contributed by atoms with Crippen LogP contribution in [0.15, 0.2) is 36.5 Å². The van der Waals surface area contributed by atoms with Crippen LogP contribution < -0.4 is 10.1 Å². The normalized spacial score (nSPS) is 21.9. The zero-order chi connectivity index (χ0) is 19.5. The second kappa shape index (κ2) is 8.29. The molecule has 0 bridgehead atoms. The van der Waals surface area contributed by atoms with E-state index in [1.807, 2.05) is 31.2 Å². The number of aromatic nitrogens is 1. The van der Waals surface area contributed by atoms with E-state index in [9.17, 15) is 4.79 Å². The van der Waals surface area contributed by atoms with E-state index >= 15 is 0 Å². The molecule has 2 N–H and O–H groups in total. The Morgan fingerprint density at radius 1 is 1.25 bits per heavy atom. The lowest BCUT2D eigenvalue weighted by atomic mass is 10.0. The number of carbonyl (C=O) groups excluding carboxylic acids is 1. The van der Waals surface area contributed by atoms with Gasteiger partial charge in [-0.2, -0.15) is 0 Å². The number of hydrogen-bond donors (Lipinski definition) is 2. The number of ether oxygens (including phenoxy) is 2. The highest BCUT2D eigenvalue weighted by Gasteiger charge is 2.42. The second-order valence-electron chi connectivity index (χ2n) is 7.61. The van der Waals surface area contributed by atoms with Crippen molar-refractivity contribution in [2.75, 3.05) is 25.1 Å². The lowest BCUT2D eigenvalue weighted by Crippen LogP contribution is -2.26. The molecule has 1 aliphatic heterocycles. The van der Waals surface area contributed by atoms with Crippen molar-refractivity contribution in [3.8, 4) is 16.9 Å². The summed E-state index contributed by atoms with van der Waals surface area (Å²) in [4.78, 5) is 16.4. The minimum Gasteiger partial charge on any atom is -0.490 e. The van der Waals surface area contributed by atoms with Crippen molar-refractivity contribution in [3.63, 3.8) is 0 Å². The van der Waals surface area contributed by atoms with Gasteiger partial charge in [0.05, 0.1) is 13.2 Å². The standard InChI is InChI=1S/C22H26N2O4/c1-14-10-15(2-3-20(14)28-18-5-8-27-9-6-18)16-4-7-23-21(12-16)24-22(26)19-11-17(19)13-25/h2-4,7,10,12,17-19,25H,5-6,8-9,11,13H2,1H3,(H,23,24,26)/t17-,19+/m0/s1. The maximum absolute atomic E-state index is 12.2. The summed E-state index contributed by atoms with van der Waals surface area (Å²) in [6.45, 7) is 3.62. The molecule has 1 saturated heterocycles. The van der Waals surface area contributed by atoms with Gasteiger partial charge in [0.2, 0.25) is 5.91 Å². The molecule has 1 amide bonds. The Kier molecular flexibility index (Phi) is 5.59. The van der Waals surface area contributed by atoms with Crippen LogP contribution in [0.1, 0.15) is 24.8 Å². The number of pyridine rings is 1. The third kappa shape index (κ3) is 4.34. The molecule has 6 heteroatoms. The van der Waals surface area contributed by atoms with Crippen LogP contribution in [0.5, 0.6) is 5.75 Å². The number of aliphatic hydroxyl groups excluding tert-OH is 1. The summed E-state index contributed by atoms with van der Waals surface area (Å²) in [7, 11) is 0. The largest absolute Gasteiger partial charge is 0.490 e. The van der Waals surface area contributed by atoms with E-state index in [1.54, 1.807) is 6.20 Å². The molecule has 0 radical (unpaired) electrons. The van der Waals surface area contributed by atoms with Crippen molar-refractivity contribution in [1.29, 1.82) is 0 Å². The van der Waals surface area contributed by atoms with E-state index in [1.165, 1.54) is 0 Å². The third-order valence-electron chi connectivity index (χ3n) is 5.48. The summed E-state index contributed by atoms with van der Waals surface area (Å²) in [5.74, 6) is 1.36. The molecular formula is C22H26N2O4. The molecule has 1 saturated carbocycles. The summed E-state index contributed by atoms with van der Waals surface area (Å²) in [5, 5.41) is 12.0. The first-order chi connectivity index (χ1) is 13.6. The molecule has 1 aromatic heterocycles. The van der Waals surface area contributed by atoms with Gasteiger partial charge in [-0.05, 0) is 60.2 Å². The Hall–Kier alpha value is -2.44. The monoisotopic (exact) mass is 382 g/mol. The Morgan fingerprint density at radius 2 is 2.04 bits per heavy atom. The number of hydrogen-bond acceptors (Lipinski definition) is 5. The van der Waals surface area contributed by atoms with Crippen LogP contribution in [0, 0.1) is 18.8 Å². The van der Waals surface area contributed by atoms with E-state index in [2.05, 4.69) is 16.4 Å². The predicted molar refractivity (Wildman–Crippen MR) is 106 cm³/mol. The van der Waals surface area contributed by atoms with Crippen LogP contribution in [0.2, 0.25) is 0 Å². The first-order valence-electron chi connectivity index (χ1n) is 9.87. The second-order valence-corrected chi connectivity index (χ2v) is 7.61. The maximum atomic E-state index is 12.2. The molecule has 6 nitrogen and oxygen atoms in total.